The summed E-state index contributed by atoms with van der Waals surface area (Å²) in [5.74, 6) is 2.07. The highest BCUT2D eigenvalue weighted by Gasteiger charge is 2.22. The van der Waals surface area contributed by atoms with Crippen molar-refractivity contribution in [1.82, 2.24) is 10.2 Å². The predicted molar refractivity (Wildman–Crippen MR) is 84.6 cm³/mol. The number of hydrogen-bond donors (Lipinski definition) is 1. The fourth-order valence-corrected chi connectivity index (χ4v) is 2.38. The van der Waals surface area contributed by atoms with Crippen molar-refractivity contribution >= 4 is 0 Å². The summed E-state index contributed by atoms with van der Waals surface area (Å²) >= 11 is 0. The van der Waals surface area contributed by atoms with Crippen LogP contribution in [-0.2, 0) is 4.74 Å². The lowest BCUT2D eigenvalue weighted by atomic mass is 10.0. The molecule has 0 spiro atoms. The molecule has 0 fully saturated rings. The zero-order valence-electron chi connectivity index (χ0n) is 14.2. The largest absolute Gasteiger partial charge is 0.383 e. The first-order valence-electron chi connectivity index (χ1n) is 7.82. The van der Waals surface area contributed by atoms with Crippen LogP contribution in [0.15, 0.2) is 0 Å². The molecule has 0 aliphatic carbocycles. The van der Waals surface area contributed by atoms with Crippen molar-refractivity contribution in [3.05, 3.63) is 0 Å². The molecule has 0 heterocycles. The standard InChI is InChI=1S/C16H36N2O/c1-13(2)10-17-11-16(15(5)6)18(8-9-19-7)12-14(3)4/h13-17H,8-12H2,1-7H3. The maximum absolute atomic E-state index is 5.26. The minimum atomic E-state index is 0.594. The van der Waals surface area contributed by atoms with Crippen molar-refractivity contribution in [2.24, 2.45) is 17.8 Å². The molecule has 0 aromatic rings. The summed E-state index contributed by atoms with van der Waals surface area (Å²) in [6.45, 7) is 18.9. The van der Waals surface area contributed by atoms with Gasteiger partial charge in [-0.15, -0.1) is 0 Å². The second kappa shape index (κ2) is 10.6. The van der Waals surface area contributed by atoms with Gasteiger partial charge in [-0.2, -0.15) is 0 Å². The van der Waals surface area contributed by atoms with Crippen LogP contribution in [0.5, 0.6) is 0 Å². The minimum absolute atomic E-state index is 0.594. The van der Waals surface area contributed by atoms with Gasteiger partial charge in [-0.25, -0.2) is 0 Å². The molecule has 19 heavy (non-hydrogen) atoms. The van der Waals surface area contributed by atoms with Gasteiger partial charge in [-0.1, -0.05) is 41.5 Å². The van der Waals surface area contributed by atoms with Crippen LogP contribution < -0.4 is 5.32 Å². The highest BCUT2D eigenvalue weighted by Crippen LogP contribution is 2.12. The predicted octanol–water partition coefficient (Wildman–Crippen LogP) is 2.86. The highest BCUT2D eigenvalue weighted by molar-refractivity contribution is 4.78. The van der Waals surface area contributed by atoms with E-state index < -0.39 is 0 Å². The van der Waals surface area contributed by atoms with Gasteiger partial charge in [0.05, 0.1) is 6.61 Å². The van der Waals surface area contributed by atoms with Gasteiger partial charge in [0.15, 0.2) is 0 Å². The summed E-state index contributed by atoms with van der Waals surface area (Å²) in [6, 6.07) is 0.594. The minimum Gasteiger partial charge on any atom is -0.383 e. The van der Waals surface area contributed by atoms with Gasteiger partial charge in [-0.3, -0.25) is 4.90 Å². The molecule has 0 rings (SSSR count). The molecule has 116 valence electrons. The van der Waals surface area contributed by atoms with Crippen LogP contribution in [-0.4, -0.2) is 50.8 Å². The first-order valence-corrected chi connectivity index (χ1v) is 7.82. The summed E-state index contributed by atoms with van der Waals surface area (Å²) in [5, 5.41) is 3.61. The van der Waals surface area contributed by atoms with Gasteiger partial charge in [0, 0.05) is 32.8 Å². The summed E-state index contributed by atoms with van der Waals surface area (Å²) < 4.78 is 5.26. The van der Waals surface area contributed by atoms with Crippen molar-refractivity contribution in [2.75, 3.05) is 39.9 Å². The van der Waals surface area contributed by atoms with Gasteiger partial charge in [-0.05, 0) is 24.3 Å². The summed E-state index contributed by atoms with van der Waals surface area (Å²) in [7, 11) is 1.79. The van der Waals surface area contributed by atoms with E-state index in [0.29, 0.717) is 23.8 Å². The van der Waals surface area contributed by atoms with Crippen LogP contribution in [0.25, 0.3) is 0 Å². The quantitative estimate of drug-likeness (QED) is 0.626. The van der Waals surface area contributed by atoms with Crippen molar-refractivity contribution in [2.45, 2.75) is 47.6 Å². The molecule has 0 saturated heterocycles. The van der Waals surface area contributed by atoms with Crippen molar-refractivity contribution in [3.8, 4) is 0 Å². The van der Waals surface area contributed by atoms with Gasteiger partial charge in [0.1, 0.15) is 0 Å². The van der Waals surface area contributed by atoms with E-state index >= 15 is 0 Å². The fraction of sp³-hybridized carbons (Fsp3) is 1.00. The van der Waals surface area contributed by atoms with Crippen LogP contribution in [0.3, 0.4) is 0 Å². The van der Waals surface area contributed by atoms with Gasteiger partial charge >= 0.3 is 0 Å². The molecule has 0 amide bonds. The van der Waals surface area contributed by atoms with Gasteiger partial charge in [0.25, 0.3) is 0 Å². The molecule has 0 aromatic carbocycles. The lowest BCUT2D eigenvalue weighted by Crippen LogP contribution is -2.48. The molecule has 1 atom stereocenters. The molecule has 0 aliphatic heterocycles. The third-order valence-corrected chi connectivity index (χ3v) is 3.33. The molecule has 0 saturated carbocycles. The number of ether oxygens (including phenoxy) is 1. The van der Waals surface area contributed by atoms with Crippen LogP contribution >= 0.6 is 0 Å². The molecular weight excluding hydrogens is 236 g/mol. The van der Waals surface area contributed by atoms with E-state index in [4.69, 9.17) is 4.74 Å². The Morgan fingerprint density at radius 1 is 0.947 bits per heavy atom. The van der Waals surface area contributed by atoms with E-state index in [1.165, 1.54) is 0 Å². The summed E-state index contributed by atoms with van der Waals surface area (Å²) in [6.07, 6.45) is 0. The van der Waals surface area contributed by atoms with Crippen molar-refractivity contribution in [3.63, 3.8) is 0 Å². The molecule has 1 N–H and O–H groups in total. The molecule has 0 aliphatic rings. The number of nitrogens with zero attached hydrogens (tertiary/aromatic N) is 1. The lowest BCUT2D eigenvalue weighted by Gasteiger charge is -2.36. The van der Waals surface area contributed by atoms with E-state index in [9.17, 15) is 0 Å². The monoisotopic (exact) mass is 272 g/mol. The van der Waals surface area contributed by atoms with E-state index in [1.54, 1.807) is 7.11 Å². The van der Waals surface area contributed by atoms with E-state index in [1.807, 2.05) is 0 Å². The number of hydrogen-bond acceptors (Lipinski definition) is 3. The Morgan fingerprint density at radius 2 is 1.58 bits per heavy atom. The summed E-state index contributed by atoms with van der Waals surface area (Å²) in [4.78, 5) is 2.59. The maximum Gasteiger partial charge on any atom is 0.0589 e. The first kappa shape index (κ1) is 18.9. The number of rotatable bonds is 11. The SMILES string of the molecule is COCCN(CC(C)C)C(CNCC(C)C)C(C)C. The molecule has 0 radical (unpaired) electrons. The Balaban J connectivity index is 4.45. The Labute approximate surface area is 121 Å². The third kappa shape index (κ3) is 9.42. The maximum atomic E-state index is 5.26. The van der Waals surface area contributed by atoms with Crippen molar-refractivity contribution in [1.29, 1.82) is 0 Å². The zero-order valence-corrected chi connectivity index (χ0v) is 14.2. The average Bonchev–Trinajstić information content (AvgIpc) is 2.29. The van der Waals surface area contributed by atoms with Crippen molar-refractivity contribution < 1.29 is 4.74 Å². The zero-order chi connectivity index (χ0) is 14.8. The van der Waals surface area contributed by atoms with E-state index in [2.05, 4.69) is 51.8 Å². The number of nitrogens with one attached hydrogen (secondary N) is 1. The topological polar surface area (TPSA) is 24.5 Å². The first-order chi connectivity index (χ1) is 8.88. The second-order valence-electron chi connectivity index (χ2n) is 6.75. The molecule has 0 aromatic heterocycles. The fourth-order valence-electron chi connectivity index (χ4n) is 2.38. The third-order valence-electron chi connectivity index (χ3n) is 3.33. The molecule has 3 heteroatoms. The molecule has 1 unspecified atom stereocenters. The average molecular weight is 272 g/mol. The Morgan fingerprint density at radius 3 is 2.00 bits per heavy atom. The number of methoxy groups -OCH3 is 1. The summed E-state index contributed by atoms with van der Waals surface area (Å²) in [5.41, 5.74) is 0. The Bertz CT molecular complexity index is 205. The lowest BCUT2D eigenvalue weighted by molar-refractivity contribution is 0.0892. The Hall–Kier alpha value is -0.120. The molecular formula is C16H36N2O. The van der Waals surface area contributed by atoms with Crippen LogP contribution in [0.1, 0.15) is 41.5 Å². The van der Waals surface area contributed by atoms with Gasteiger partial charge in [0.2, 0.25) is 0 Å². The van der Waals surface area contributed by atoms with E-state index in [0.717, 1.165) is 32.8 Å². The second-order valence-corrected chi connectivity index (χ2v) is 6.75. The molecule has 3 nitrogen and oxygen atoms in total. The van der Waals surface area contributed by atoms with Crippen LogP contribution in [0.2, 0.25) is 0 Å². The van der Waals surface area contributed by atoms with Gasteiger partial charge < -0.3 is 10.1 Å². The smallest absolute Gasteiger partial charge is 0.0589 e. The Kier molecular flexibility index (Phi) is 10.6. The van der Waals surface area contributed by atoms with E-state index in [-0.39, 0.29) is 0 Å². The molecule has 0 bridgehead atoms. The van der Waals surface area contributed by atoms with Crippen LogP contribution in [0, 0.1) is 17.8 Å². The van der Waals surface area contributed by atoms with Crippen LogP contribution in [0.4, 0.5) is 0 Å². The normalized spacial score (nSPS) is 14.1. The highest BCUT2D eigenvalue weighted by atomic mass is 16.5.